The van der Waals surface area contributed by atoms with Crippen LogP contribution in [0.2, 0.25) is 0 Å². The van der Waals surface area contributed by atoms with Crippen molar-refractivity contribution in [2.45, 2.75) is 53.1 Å². The van der Waals surface area contributed by atoms with Gasteiger partial charge in [0, 0.05) is 25.6 Å². The number of hydrogen-bond acceptors (Lipinski definition) is 5. The van der Waals surface area contributed by atoms with Crippen LogP contribution in [0.15, 0.2) is 33.8 Å². The molecule has 0 radical (unpaired) electrons. The van der Waals surface area contributed by atoms with Crippen LogP contribution in [0.1, 0.15) is 51.9 Å². The molecule has 0 saturated heterocycles. The minimum atomic E-state index is -0.163. The van der Waals surface area contributed by atoms with E-state index in [4.69, 9.17) is 9.26 Å². The van der Waals surface area contributed by atoms with Gasteiger partial charge in [0.25, 0.3) is 0 Å². The summed E-state index contributed by atoms with van der Waals surface area (Å²) >= 11 is 0. The molecule has 1 heterocycles. The third-order valence-corrected chi connectivity index (χ3v) is 3.83. The number of aromatic nitrogens is 2. The first-order valence-electron chi connectivity index (χ1n) is 9.37. The standard InChI is InChI=1S/C20H31N5O2/c1-7-21-19(22-13-17-23-18(27-24-17)20(3,4)5)25(6)14-15-9-11-16(12-10-15)26-8-2/h9-12H,7-8,13-14H2,1-6H3,(H,21,22). The number of benzene rings is 1. The number of nitrogens with one attached hydrogen (secondary N) is 1. The predicted octanol–water partition coefficient (Wildman–Crippen LogP) is 3.36. The molecule has 0 aliphatic rings. The highest BCUT2D eigenvalue weighted by Crippen LogP contribution is 2.19. The highest BCUT2D eigenvalue weighted by atomic mass is 16.5. The topological polar surface area (TPSA) is 75.8 Å². The van der Waals surface area contributed by atoms with Crippen LogP contribution in [0.4, 0.5) is 0 Å². The minimum Gasteiger partial charge on any atom is -0.494 e. The summed E-state index contributed by atoms with van der Waals surface area (Å²) in [7, 11) is 2.01. The van der Waals surface area contributed by atoms with Crippen LogP contribution < -0.4 is 10.1 Å². The highest BCUT2D eigenvalue weighted by Gasteiger charge is 2.21. The van der Waals surface area contributed by atoms with E-state index in [1.165, 1.54) is 5.56 Å². The van der Waals surface area contributed by atoms with Crippen molar-refractivity contribution >= 4 is 5.96 Å². The largest absolute Gasteiger partial charge is 0.494 e. The molecule has 1 aromatic heterocycles. The summed E-state index contributed by atoms with van der Waals surface area (Å²) in [5.74, 6) is 2.90. The van der Waals surface area contributed by atoms with E-state index in [0.717, 1.165) is 24.8 Å². The van der Waals surface area contributed by atoms with Crippen LogP contribution >= 0.6 is 0 Å². The summed E-state index contributed by atoms with van der Waals surface area (Å²) in [6.07, 6.45) is 0. The molecule has 0 amide bonds. The van der Waals surface area contributed by atoms with E-state index in [1.807, 2.05) is 53.8 Å². The Bertz CT molecular complexity index is 732. The smallest absolute Gasteiger partial charge is 0.232 e. The molecule has 7 nitrogen and oxygen atoms in total. The van der Waals surface area contributed by atoms with Gasteiger partial charge in [-0.2, -0.15) is 4.98 Å². The summed E-state index contributed by atoms with van der Waals surface area (Å²) in [6.45, 7) is 12.7. The van der Waals surface area contributed by atoms with Gasteiger partial charge in [-0.3, -0.25) is 0 Å². The van der Waals surface area contributed by atoms with E-state index < -0.39 is 0 Å². The fraction of sp³-hybridized carbons (Fsp3) is 0.550. The molecular formula is C20H31N5O2. The summed E-state index contributed by atoms with van der Waals surface area (Å²) in [4.78, 5) is 11.2. The van der Waals surface area contributed by atoms with Gasteiger partial charge < -0.3 is 19.5 Å². The van der Waals surface area contributed by atoms with E-state index in [2.05, 4.69) is 37.5 Å². The molecule has 0 saturated carbocycles. The van der Waals surface area contributed by atoms with Gasteiger partial charge in [0.1, 0.15) is 12.3 Å². The highest BCUT2D eigenvalue weighted by molar-refractivity contribution is 5.79. The van der Waals surface area contributed by atoms with Crippen molar-refractivity contribution in [3.8, 4) is 5.75 Å². The Labute approximate surface area is 161 Å². The number of guanidine groups is 1. The summed E-state index contributed by atoms with van der Waals surface area (Å²) in [6, 6.07) is 8.12. The van der Waals surface area contributed by atoms with Crippen LogP contribution in [0.5, 0.6) is 5.75 Å². The average Bonchev–Trinajstić information content (AvgIpc) is 3.10. The van der Waals surface area contributed by atoms with E-state index >= 15 is 0 Å². The zero-order chi connectivity index (χ0) is 19.9. The van der Waals surface area contributed by atoms with Crippen LogP contribution in [0.3, 0.4) is 0 Å². The fourth-order valence-electron chi connectivity index (χ4n) is 2.44. The van der Waals surface area contributed by atoms with Crippen molar-refractivity contribution < 1.29 is 9.26 Å². The zero-order valence-corrected chi connectivity index (χ0v) is 17.2. The third-order valence-electron chi connectivity index (χ3n) is 3.83. The molecule has 1 aromatic carbocycles. The van der Waals surface area contributed by atoms with E-state index in [1.54, 1.807) is 0 Å². The first kappa shape index (κ1) is 20.7. The number of nitrogens with zero attached hydrogens (tertiary/aromatic N) is 4. The first-order valence-corrected chi connectivity index (χ1v) is 9.37. The average molecular weight is 374 g/mol. The molecule has 7 heteroatoms. The van der Waals surface area contributed by atoms with Gasteiger partial charge in [-0.1, -0.05) is 38.1 Å². The molecule has 0 spiro atoms. The SMILES string of the molecule is CCNC(=NCc1noc(C(C)(C)C)n1)N(C)Cc1ccc(OCC)cc1. The monoisotopic (exact) mass is 373 g/mol. The van der Waals surface area contributed by atoms with Crippen molar-refractivity contribution in [2.24, 2.45) is 4.99 Å². The molecule has 0 aliphatic heterocycles. The van der Waals surface area contributed by atoms with Gasteiger partial charge in [-0.25, -0.2) is 4.99 Å². The second-order valence-electron chi connectivity index (χ2n) is 7.37. The van der Waals surface area contributed by atoms with Gasteiger partial charge in [-0.15, -0.1) is 0 Å². The lowest BCUT2D eigenvalue weighted by atomic mass is 9.97. The van der Waals surface area contributed by atoms with Gasteiger partial charge in [0.05, 0.1) is 6.61 Å². The zero-order valence-electron chi connectivity index (χ0n) is 17.2. The van der Waals surface area contributed by atoms with Crippen molar-refractivity contribution in [3.05, 3.63) is 41.5 Å². The molecule has 27 heavy (non-hydrogen) atoms. The van der Waals surface area contributed by atoms with Crippen LogP contribution in [0.25, 0.3) is 0 Å². The molecule has 148 valence electrons. The Hall–Kier alpha value is -2.57. The van der Waals surface area contributed by atoms with Gasteiger partial charge in [0.2, 0.25) is 5.89 Å². The maximum Gasteiger partial charge on any atom is 0.232 e. The lowest BCUT2D eigenvalue weighted by molar-refractivity contribution is 0.318. The number of rotatable bonds is 7. The maximum atomic E-state index is 5.49. The Morgan fingerprint density at radius 2 is 1.93 bits per heavy atom. The van der Waals surface area contributed by atoms with Crippen molar-refractivity contribution in [3.63, 3.8) is 0 Å². The maximum absolute atomic E-state index is 5.49. The summed E-state index contributed by atoms with van der Waals surface area (Å²) < 4.78 is 10.8. The predicted molar refractivity (Wildman–Crippen MR) is 107 cm³/mol. The fourth-order valence-corrected chi connectivity index (χ4v) is 2.44. The molecule has 0 unspecified atom stereocenters. The lowest BCUT2D eigenvalue weighted by Gasteiger charge is -2.22. The quantitative estimate of drug-likeness (QED) is 0.592. The van der Waals surface area contributed by atoms with E-state index in [9.17, 15) is 0 Å². The Kier molecular flexibility index (Phi) is 7.21. The molecule has 0 aliphatic carbocycles. The van der Waals surface area contributed by atoms with Gasteiger partial charge in [-0.05, 0) is 31.5 Å². The van der Waals surface area contributed by atoms with Crippen LogP contribution in [-0.4, -0.2) is 41.2 Å². The van der Waals surface area contributed by atoms with Crippen LogP contribution in [0, 0.1) is 0 Å². The van der Waals surface area contributed by atoms with Gasteiger partial charge in [0.15, 0.2) is 11.8 Å². The van der Waals surface area contributed by atoms with Gasteiger partial charge >= 0.3 is 0 Å². The number of ether oxygens (including phenoxy) is 1. The third kappa shape index (κ3) is 6.27. The van der Waals surface area contributed by atoms with Crippen LogP contribution in [-0.2, 0) is 18.5 Å². The van der Waals surface area contributed by atoms with E-state index in [-0.39, 0.29) is 5.41 Å². The first-order chi connectivity index (χ1) is 12.8. The number of aliphatic imine (C=N–C) groups is 1. The molecular weight excluding hydrogens is 342 g/mol. The molecule has 2 rings (SSSR count). The lowest BCUT2D eigenvalue weighted by Crippen LogP contribution is -2.38. The Balaban J connectivity index is 2.03. The molecule has 2 aromatic rings. The second kappa shape index (κ2) is 9.39. The summed E-state index contributed by atoms with van der Waals surface area (Å²) in [5.41, 5.74) is 1.02. The number of hydrogen-bond donors (Lipinski definition) is 1. The Morgan fingerprint density at radius 3 is 2.48 bits per heavy atom. The van der Waals surface area contributed by atoms with Crippen molar-refractivity contribution in [1.82, 2.24) is 20.4 Å². The second-order valence-corrected chi connectivity index (χ2v) is 7.37. The molecule has 0 bridgehead atoms. The molecule has 1 N–H and O–H groups in total. The van der Waals surface area contributed by atoms with Crippen molar-refractivity contribution in [1.29, 1.82) is 0 Å². The molecule has 0 fully saturated rings. The van der Waals surface area contributed by atoms with E-state index in [0.29, 0.717) is 24.9 Å². The summed E-state index contributed by atoms with van der Waals surface area (Å²) in [5, 5.41) is 7.34. The minimum absolute atomic E-state index is 0.163. The molecule has 0 atom stereocenters. The van der Waals surface area contributed by atoms with Crippen molar-refractivity contribution in [2.75, 3.05) is 20.2 Å². The Morgan fingerprint density at radius 1 is 1.22 bits per heavy atom. The normalized spacial score (nSPS) is 12.1.